The van der Waals surface area contributed by atoms with Gasteiger partial charge in [0.2, 0.25) is 5.91 Å². The van der Waals surface area contributed by atoms with Crippen LogP contribution in [-0.4, -0.2) is 36.8 Å². The molecule has 0 aliphatic carbocycles. The van der Waals surface area contributed by atoms with E-state index in [0.29, 0.717) is 13.0 Å². The molecule has 1 atom stereocenters. The molecule has 0 radical (unpaired) electrons. The molecule has 1 amide bonds. The molecule has 0 bridgehead atoms. The van der Waals surface area contributed by atoms with Gasteiger partial charge in [0, 0.05) is 12.5 Å². The minimum Gasteiger partial charge on any atom is -0.393 e. The summed E-state index contributed by atoms with van der Waals surface area (Å²) in [5, 5.41) is 15.1. The first-order valence-corrected chi connectivity index (χ1v) is 5.36. The largest absolute Gasteiger partial charge is 0.393 e. The minimum atomic E-state index is -0.330. The highest BCUT2D eigenvalue weighted by atomic mass is 35.5. The molecule has 0 spiro atoms. The van der Waals surface area contributed by atoms with Gasteiger partial charge in [0.15, 0.2) is 0 Å². The van der Waals surface area contributed by atoms with Crippen LogP contribution in [0.3, 0.4) is 0 Å². The topological polar surface area (TPSA) is 61.4 Å². The molecule has 1 unspecified atom stereocenters. The van der Waals surface area contributed by atoms with Crippen LogP contribution < -0.4 is 10.6 Å². The normalized spacial score (nSPS) is 19.1. The van der Waals surface area contributed by atoms with Crippen molar-refractivity contribution < 1.29 is 9.90 Å². The molecule has 0 aromatic rings. The van der Waals surface area contributed by atoms with Crippen LogP contribution in [0.15, 0.2) is 0 Å². The van der Waals surface area contributed by atoms with Crippen molar-refractivity contribution in [3.8, 4) is 0 Å². The lowest BCUT2D eigenvalue weighted by molar-refractivity contribution is -0.125. The maximum absolute atomic E-state index is 11.6. The van der Waals surface area contributed by atoms with Crippen LogP contribution in [-0.2, 0) is 4.79 Å². The maximum atomic E-state index is 11.6. The molecular weight excluding hydrogens is 216 g/mol. The van der Waals surface area contributed by atoms with Gasteiger partial charge in [0.1, 0.15) is 0 Å². The second kappa shape index (κ2) is 7.91. The lowest BCUT2D eigenvalue weighted by Gasteiger charge is -2.21. The van der Waals surface area contributed by atoms with E-state index in [2.05, 4.69) is 10.6 Å². The Hall–Kier alpha value is -0.320. The third-order valence-electron chi connectivity index (χ3n) is 2.57. The van der Waals surface area contributed by atoms with E-state index >= 15 is 0 Å². The standard InChI is InChI=1S/C10H20N2O2.ClH/c1-8(13)2-7-12-10(14)9-3-5-11-6-4-9;/h8-9,11,13H,2-7H2,1H3,(H,12,14);1H. The second-order valence-corrected chi connectivity index (χ2v) is 3.95. The molecule has 1 aliphatic heterocycles. The Morgan fingerprint density at radius 2 is 2.13 bits per heavy atom. The number of carbonyl (C=O) groups is 1. The van der Waals surface area contributed by atoms with E-state index in [1.165, 1.54) is 0 Å². The SMILES string of the molecule is CC(O)CCNC(=O)C1CCNCC1.Cl. The van der Waals surface area contributed by atoms with Crippen LogP contribution in [0, 0.1) is 5.92 Å². The molecule has 1 fully saturated rings. The van der Waals surface area contributed by atoms with Crippen LogP contribution in [0.4, 0.5) is 0 Å². The average molecular weight is 237 g/mol. The summed E-state index contributed by atoms with van der Waals surface area (Å²) in [4.78, 5) is 11.6. The number of halogens is 1. The number of rotatable bonds is 4. The van der Waals surface area contributed by atoms with Gasteiger partial charge in [-0.2, -0.15) is 0 Å². The molecule has 90 valence electrons. The van der Waals surface area contributed by atoms with Gasteiger partial charge in [-0.15, -0.1) is 12.4 Å². The number of nitrogens with one attached hydrogen (secondary N) is 2. The monoisotopic (exact) mass is 236 g/mol. The number of amides is 1. The zero-order chi connectivity index (χ0) is 10.4. The van der Waals surface area contributed by atoms with E-state index in [0.717, 1.165) is 25.9 Å². The number of carbonyl (C=O) groups excluding carboxylic acids is 1. The lowest BCUT2D eigenvalue weighted by Crippen LogP contribution is -2.38. The molecule has 0 aromatic carbocycles. The van der Waals surface area contributed by atoms with Gasteiger partial charge in [0.05, 0.1) is 6.10 Å². The number of hydrogen-bond acceptors (Lipinski definition) is 3. The molecule has 1 heterocycles. The van der Waals surface area contributed by atoms with Gasteiger partial charge in [0.25, 0.3) is 0 Å². The molecule has 5 heteroatoms. The summed E-state index contributed by atoms with van der Waals surface area (Å²) in [5.41, 5.74) is 0. The third-order valence-corrected chi connectivity index (χ3v) is 2.57. The Balaban J connectivity index is 0.00000196. The summed E-state index contributed by atoms with van der Waals surface area (Å²) >= 11 is 0. The van der Waals surface area contributed by atoms with Crippen molar-refractivity contribution in [2.75, 3.05) is 19.6 Å². The fourth-order valence-electron chi connectivity index (χ4n) is 1.63. The molecule has 1 saturated heterocycles. The molecule has 0 saturated carbocycles. The fraction of sp³-hybridized carbons (Fsp3) is 0.900. The predicted octanol–water partition coefficient (Wildman–Crippen LogP) is 0.295. The van der Waals surface area contributed by atoms with Crippen molar-refractivity contribution in [2.45, 2.75) is 32.3 Å². The summed E-state index contributed by atoms with van der Waals surface area (Å²) in [5.74, 6) is 0.317. The zero-order valence-corrected chi connectivity index (χ0v) is 9.98. The quantitative estimate of drug-likeness (QED) is 0.658. The first-order valence-electron chi connectivity index (χ1n) is 5.36. The van der Waals surface area contributed by atoms with Gasteiger partial charge >= 0.3 is 0 Å². The van der Waals surface area contributed by atoms with Crippen molar-refractivity contribution in [3.63, 3.8) is 0 Å². The van der Waals surface area contributed by atoms with Gasteiger partial charge in [-0.25, -0.2) is 0 Å². The molecule has 15 heavy (non-hydrogen) atoms. The van der Waals surface area contributed by atoms with Crippen LogP contribution in [0.25, 0.3) is 0 Å². The summed E-state index contributed by atoms with van der Waals surface area (Å²) in [7, 11) is 0. The van der Waals surface area contributed by atoms with Gasteiger partial charge in [-0.05, 0) is 39.3 Å². The van der Waals surface area contributed by atoms with E-state index in [4.69, 9.17) is 5.11 Å². The summed E-state index contributed by atoms with van der Waals surface area (Å²) in [6, 6.07) is 0. The Kier molecular flexibility index (Phi) is 7.74. The summed E-state index contributed by atoms with van der Waals surface area (Å²) < 4.78 is 0. The van der Waals surface area contributed by atoms with E-state index in [1.807, 2.05) is 0 Å². The number of aliphatic hydroxyl groups is 1. The molecule has 0 aromatic heterocycles. The molecule has 1 aliphatic rings. The van der Waals surface area contributed by atoms with Crippen molar-refractivity contribution in [1.82, 2.24) is 10.6 Å². The van der Waals surface area contributed by atoms with Crippen molar-refractivity contribution in [1.29, 1.82) is 0 Å². The number of hydrogen-bond donors (Lipinski definition) is 3. The lowest BCUT2D eigenvalue weighted by atomic mass is 9.97. The van der Waals surface area contributed by atoms with Crippen molar-refractivity contribution in [2.24, 2.45) is 5.92 Å². The van der Waals surface area contributed by atoms with E-state index in [9.17, 15) is 4.79 Å². The van der Waals surface area contributed by atoms with Gasteiger partial charge < -0.3 is 15.7 Å². The van der Waals surface area contributed by atoms with Crippen molar-refractivity contribution >= 4 is 18.3 Å². The Morgan fingerprint density at radius 1 is 1.53 bits per heavy atom. The fourth-order valence-corrected chi connectivity index (χ4v) is 1.63. The number of aliphatic hydroxyl groups excluding tert-OH is 1. The molecule has 3 N–H and O–H groups in total. The van der Waals surface area contributed by atoms with Gasteiger partial charge in [-0.1, -0.05) is 0 Å². The Labute approximate surface area is 97.2 Å². The second-order valence-electron chi connectivity index (χ2n) is 3.95. The van der Waals surface area contributed by atoms with E-state index < -0.39 is 0 Å². The van der Waals surface area contributed by atoms with E-state index in [1.54, 1.807) is 6.92 Å². The summed E-state index contributed by atoms with van der Waals surface area (Å²) in [6.07, 6.45) is 2.17. The Morgan fingerprint density at radius 3 is 2.67 bits per heavy atom. The van der Waals surface area contributed by atoms with Crippen LogP contribution in [0.2, 0.25) is 0 Å². The van der Waals surface area contributed by atoms with Crippen LogP contribution >= 0.6 is 12.4 Å². The smallest absolute Gasteiger partial charge is 0.223 e. The average Bonchev–Trinajstić information content (AvgIpc) is 2.18. The highest BCUT2D eigenvalue weighted by Crippen LogP contribution is 2.11. The van der Waals surface area contributed by atoms with Crippen LogP contribution in [0.5, 0.6) is 0 Å². The first-order chi connectivity index (χ1) is 6.70. The molecule has 4 nitrogen and oxygen atoms in total. The maximum Gasteiger partial charge on any atom is 0.223 e. The van der Waals surface area contributed by atoms with Crippen molar-refractivity contribution in [3.05, 3.63) is 0 Å². The summed E-state index contributed by atoms with van der Waals surface area (Å²) in [6.45, 7) is 4.19. The zero-order valence-electron chi connectivity index (χ0n) is 9.16. The van der Waals surface area contributed by atoms with E-state index in [-0.39, 0.29) is 30.3 Å². The highest BCUT2D eigenvalue weighted by molar-refractivity contribution is 5.85. The molecule has 1 rings (SSSR count). The molecular formula is C10H21ClN2O2. The number of piperidine rings is 1. The minimum absolute atomic E-state index is 0. The first kappa shape index (κ1) is 14.7. The van der Waals surface area contributed by atoms with Crippen LogP contribution in [0.1, 0.15) is 26.2 Å². The highest BCUT2D eigenvalue weighted by Gasteiger charge is 2.20. The predicted molar refractivity (Wildman–Crippen MR) is 62.1 cm³/mol. The third kappa shape index (κ3) is 5.97. The Bertz CT molecular complexity index is 182. The van der Waals surface area contributed by atoms with Gasteiger partial charge in [-0.3, -0.25) is 4.79 Å².